The number of aryl methyl sites for hydroxylation is 2. The molecule has 2 nitrogen and oxygen atoms in total. The number of benzene rings is 1. The summed E-state index contributed by atoms with van der Waals surface area (Å²) in [6.07, 6.45) is 4.97. The summed E-state index contributed by atoms with van der Waals surface area (Å²) in [6.45, 7) is 11.1. The normalized spacial score (nSPS) is 12.4. The van der Waals surface area contributed by atoms with Crippen LogP contribution in [0.15, 0.2) is 18.2 Å². The predicted octanol–water partition coefficient (Wildman–Crippen LogP) is 4.30. The van der Waals surface area contributed by atoms with E-state index in [0.29, 0.717) is 6.04 Å². The van der Waals surface area contributed by atoms with Crippen molar-refractivity contribution in [1.82, 2.24) is 5.32 Å². The third-order valence-electron chi connectivity index (χ3n) is 3.87. The summed E-state index contributed by atoms with van der Waals surface area (Å²) in [6, 6.07) is 7.47. The fraction of sp³-hybridized carbons (Fsp3) is 0.667. The molecule has 0 aliphatic heterocycles. The van der Waals surface area contributed by atoms with Gasteiger partial charge in [0, 0.05) is 25.3 Å². The maximum Gasteiger partial charge on any atom is 0.0368 e. The number of rotatable bonds is 9. The summed E-state index contributed by atoms with van der Waals surface area (Å²) < 4.78 is 0. The van der Waals surface area contributed by atoms with Crippen molar-refractivity contribution in [3.63, 3.8) is 0 Å². The molecule has 0 amide bonds. The second-order valence-electron chi connectivity index (χ2n) is 5.97. The van der Waals surface area contributed by atoms with Crippen LogP contribution in [0.2, 0.25) is 0 Å². The molecular weight excluding hydrogens is 244 g/mol. The van der Waals surface area contributed by atoms with Gasteiger partial charge in [0.05, 0.1) is 0 Å². The summed E-state index contributed by atoms with van der Waals surface area (Å²) >= 11 is 0. The minimum absolute atomic E-state index is 0.683. The average Bonchev–Trinajstić information content (AvgIpc) is 2.41. The van der Waals surface area contributed by atoms with Gasteiger partial charge in [-0.15, -0.1) is 0 Å². The Morgan fingerprint density at radius 3 is 2.30 bits per heavy atom. The van der Waals surface area contributed by atoms with Crippen molar-refractivity contribution >= 4 is 5.69 Å². The van der Waals surface area contributed by atoms with E-state index in [4.69, 9.17) is 0 Å². The monoisotopic (exact) mass is 276 g/mol. The molecule has 1 atom stereocenters. The lowest BCUT2D eigenvalue weighted by atomic mass is 10.1. The third kappa shape index (κ3) is 5.96. The zero-order chi connectivity index (χ0) is 15.0. The molecule has 0 radical (unpaired) electrons. The van der Waals surface area contributed by atoms with E-state index in [0.717, 1.165) is 13.1 Å². The Morgan fingerprint density at radius 1 is 1.10 bits per heavy atom. The lowest BCUT2D eigenvalue weighted by Crippen LogP contribution is -2.30. The van der Waals surface area contributed by atoms with Gasteiger partial charge in [0.25, 0.3) is 0 Å². The van der Waals surface area contributed by atoms with Gasteiger partial charge in [-0.3, -0.25) is 0 Å². The molecule has 0 bridgehead atoms. The molecule has 0 saturated carbocycles. The molecule has 1 aromatic rings. The first-order valence-corrected chi connectivity index (χ1v) is 8.09. The van der Waals surface area contributed by atoms with Crippen molar-refractivity contribution < 1.29 is 0 Å². The molecule has 0 spiro atoms. The van der Waals surface area contributed by atoms with Crippen LogP contribution in [0.25, 0.3) is 0 Å². The SMILES string of the molecule is CCCNC(CC)CCCN(C)c1cc(C)cc(C)c1. The highest BCUT2D eigenvalue weighted by Crippen LogP contribution is 2.18. The van der Waals surface area contributed by atoms with Crippen LogP contribution in [0.4, 0.5) is 5.69 Å². The van der Waals surface area contributed by atoms with Crippen LogP contribution in [0.1, 0.15) is 50.7 Å². The standard InChI is InChI=1S/C18H32N2/c1-6-10-19-17(7-2)9-8-11-20(5)18-13-15(3)12-16(4)14-18/h12-14,17,19H,6-11H2,1-5H3. The zero-order valence-electron chi connectivity index (χ0n) is 14.0. The Balaban J connectivity index is 2.40. The summed E-state index contributed by atoms with van der Waals surface area (Å²) in [4.78, 5) is 2.38. The summed E-state index contributed by atoms with van der Waals surface area (Å²) in [7, 11) is 2.20. The topological polar surface area (TPSA) is 15.3 Å². The molecule has 1 rings (SSSR count). The van der Waals surface area contributed by atoms with Crippen LogP contribution in [0.3, 0.4) is 0 Å². The second kappa shape index (κ2) is 9.02. The van der Waals surface area contributed by atoms with Gasteiger partial charge < -0.3 is 10.2 Å². The van der Waals surface area contributed by atoms with E-state index in [9.17, 15) is 0 Å². The van der Waals surface area contributed by atoms with Crippen molar-refractivity contribution in [2.24, 2.45) is 0 Å². The molecule has 0 saturated heterocycles. The highest BCUT2D eigenvalue weighted by Gasteiger charge is 2.07. The smallest absolute Gasteiger partial charge is 0.0368 e. The Labute approximate surface area is 125 Å². The Hall–Kier alpha value is -1.02. The van der Waals surface area contributed by atoms with Crippen LogP contribution in [0.5, 0.6) is 0 Å². The highest BCUT2D eigenvalue weighted by molar-refractivity contribution is 5.50. The average molecular weight is 276 g/mol. The van der Waals surface area contributed by atoms with E-state index < -0.39 is 0 Å². The van der Waals surface area contributed by atoms with Crippen LogP contribution in [-0.2, 0) is 0 Å². The summed E-state index contributed by atoms with van der Waals surface area (Å²) in [5.41, 5.74) is 4.04. The Kier molecular flexibility index (Phi) is 7.68. The molecule has 1 unspecified atom stereocenters. The van der Waals surface area contributed by atoms with Crippen LogP contribution in [-0.4, -0.2) is 26.2 Å². The van der Waals surface area contributed by atoms with Gasteiger partial charge in [0.15, 0.2) is 0 Å². The van der Waals surface area contributed by atoms with E-state index in [1.165, 1.54) is 42.5 Å². The summed E-state index contributed by atoms with van der Waals surface area (Å²) in [5.74, 6) is 0. The molecular formula is C18H32N2. The van der Waals surface area contributed by atoms with Gasteiger partial charge in [0.1, 0.15) is 0 Å². The Bertz CT molecular complexity index is 367. The van der Waals surface area contributed by atoms with Crippen molar-refractivity contribution in [3.05, 3.63) is 29.3 Å². The number of hydrogen-bond acceptors (Lipinski definition) is 2. The minimum Gasteiger partial charge on any atom is -0.375 e. The highest BCUT2D eigenvalue weighted by atomic mass is 15.1. The zero-order valence-corrected chi connectivity index (χ0v) is 14.0. The first kappa shape index (κ1) is 17.0. The van der Waals surface area contributed by atoms with Gasteiger partial charge in [0.2, 0.25) is 0 Å². The van der Waals surface area contributed by atoms with Crippen LogP contribution >= 0.6 is 0 Å². The van der Waals surface area contributed by atoms with E-state index in [-0.39, 0.29) is 0 Å². The lowest BCUT2D eigenvalue weighted by Gasteiger charge is -2.22. The van der Waals surface area contributed by atoms with Crippen molar-refractivity contribution in [2.45, 2.75) is 59.4 Å². The fourth-order valence-corrected chi connectivity index (χ4v) is 2.67. The molecule has 0 heterocycles. The van der Waals surface area contributed by atoms with E-state index in [2.05, 4.69) is 63.2 Å². The largest absolute Gasteiger partial charge is 0.375 e. The molecule has 0 fully saturated rings. The second-order valence-corrected chi connectivity index (χ2v) is 5.97. The van der Waals surface area contributed by atoms with Crippen molar-refractivity contribution in [3.8, 4) is 0 Å². The van der Waals surface area contributed by atoms with Gasteiger partial charge in [-0.25, -0.2) is 0 Å². The first-order chi connectivity index (χ1) is 9.56. The van der Waals surface area contributed by atoms with Gasteiger partial charge in [-0.2, -0.15) is 0 Å². The number of nitrogens with one attached hydrogen (secondary N) is 1. The van der Waals surface area contributed by atoms with Crippen LogP contribution < -0.4 is 10.2 Å². The molecule has 0 aliphatic carbocycles. The minimum atomic E-state index is 0.683. The molecule has 2 heteroatoms. The van der Waals surface area contributed by atoms with Gasteiger partial charge >= 0.3 is 0 Å². The lowest BCUT2D eigenvalue weighted by molar-refractivity contribution is 0.457. The van der Waals surface area contributed by atoms with E-state index >= 15 is 0 Å². The van der Waals surface area contributed by atoms with Gasteiger partial charge in [-0.1, -0.05) is 19.9 Å². The number of hydrogen-bond donors (Lipinski definition) is 1. The molecule has 20 heavy (non-hydrogen) atoms. The first-order valence-electron chi connectivity index (χ1n) is 8.09. The molecule has 114 valence electrons. The quantitative estimate of drug-likeness (QED) is 0.723. The molecule has 0 aliphatic rings. The molecule has 0 aromatic heterocycles. The molecule has 1 aromatic carbocycles. The fourth-order valence-electron chi connectivity index (χ4n) is 2.67. The number of anilines is 1. The maximum absolute atomic E-state index is 3.63. The predicted molar refractivity (Wildman–Crippen MR) is 90.8 cm³/mol. The number of nitrogens with zero attached hydrogens (tertiary/aromatic N) is 1. The summed E-state index contributed by atoms with van der Waals surface area (Å²) in [5, 5.41) is 3.63. The molecule has 1 N–H and O–H groups in total. The van der Waals surface area contributed by atoms with E-state index in [1.807, 2.05) is 0 Å². The van der Waals surface area contributed by atoms with Crippen molar-refractivity contribution in [1.29, 1.82) is 0 Å². The van der Waals surface area contributed by atoms with Crippen molar-refractivity contribution in [2.75, 3.05) is 25.0 Å². The Morgan fingerprint density at radius 2 is 1.75 bits per heavy atom. The third-order valence-corrected chi connectivity index (χ3v) is 3.87. The van der Waals surface area contributed by atoms with Gasteiger partial charge in [-0.05, 0) is 69.3 Å². The van der Waals surface area contributed by atoms with E-state index in [1.54, 1.807) is 0 Å². The van der Waals surface area contributed by atoms with Crippen LogP contribution in [0, 0.1) is 13.8 Å². The maximum atomic E-state index is 3.63.